The quantitative estimate of drug-likeness (QED) is 0.817. The van der Waals surface area contributed by atoms with Crippen molar-refractivity contribution in [1.29, 1.82) is 0 Å². The summed E-state index contributed by atoms with van der Waals surface area (Å²) < 4.78 is 29.4. The molecule has 2 aromatic rings. The molecule has 4 nitrogen and oxygen atoms in total. The Morgan fingerprint density at radius 1 is 1.13 bits per heavy atom. The van der Waals surface area contributed by atoms with Crippen molar-refractivity contribution in [3.8, 4) is 5.75 Å². The fourth-order valence-corrected chi connectivity index (χ4v) is 4.84. The summed E-state index contributed by atoms with van der Waals surface area (Å²) in [5, 5.41) is 9.49. The number of hydrogen-bond acceptors (Lipinski definition) is 3. The number of rotatable bonds is 4. The second kappa shape index (κ2) is 7.99. The lowest BCUT2D eigenvalue weighted by Crippen LogP contribution is -2.53. The van der Waals surface area contributed by atoms with Crippen LogP contribution in [-0.2, 0) is 11.3 Å². The highest BCUT2D eigenvalue weighted by Gasteiger charge is 2.45. The van der Waals surface area contributed by atoms with E-state index in [-0.39, 0.29) is 36.0 Å². The number of likely N-dealkylation sites (tertiary alicyclic amines) is 2. The van der Waals surface area contributed by atoms with Crippen LogP contribution in [0.25, 0.3) is 0 Å². The number of aromatic hydroxyl groups is 1. The van der Waals surface area contributed by atoms with Crippen molar-refractivity contribution in [2.24, 2.45) is 0 Å². The van der Waals surface area contributed by atoms with Gasteiger partial charge in [-0.1, -0.05) is 24.3 Å². The predicted octanol–water partition coefficient (Wildman–Crippen LogP) is 4.16. The molecule has 30 heavy (non-hydrogen) atoms. The Morgan fingerprint density at radius 3 is 2.53 bits per heavy atom. The first-order valence-corrected chi connectivity index (χ1v) is 10.5. The van der Waals surface area contributed by atoms with E-state index in [2.05, 4.69) is 0 Å². The van der Waals surface area contributed by atoms with Crippen LogP contribution < -0.4 is 0 Å². The first kappa shape index (κ1) is 20.8. The van der Waals surface area contributed by atoms with Crippen LogP contribution in [0.1, 0.15) is 42.4 Å². The number of carbonyl (C=O) groups is 1. The smallest absolute Gasteiger partial charge is 0.240 e. The lowest BCUT2D eigenvalue weighted by molar-refractivity contribution is -0.134. The minimum Gasteiger partial charge on any atom is -0.508 e. The third kappa shape index (κ3) is 4.06. The van der Waals surface area contributed by atoms with Crippen LogP contribution in [0, 0.1) is 12.7 Å². The number of carbonyl (C=O) groups excluding carboxylic acids is 1. The second-order valence-electron chi connectivity index (χ2n) is 8.83. The Balaban J connectivity index is 1.42. The van der Waals surface area contributed by atoms with E-state index in [4.69, 9.17) is 0 Å². The molecule has 160 valence electrons. The maximum Gasteiger partial charge on any atom is 0.240 e. The number of piperidine rings is 1. The first-order chi connectivity index (χ1) is 14.2. The van der Waals surface area contributed by atoms with Gasteiger partial charge in [-0.3, -0.25) is 9.69 Å². The number of alkyl halides is 1. The molecular formula is C24H28F2N2O2. The van der Waals surface area contributed by atoms with Crippen LogP contribution in [0.15, 0.2) is 42.5 Å². The van der Waals surface area contributed by atoms with Crippen molar-refractivity contribution < 1.29 is 18.7 Å². The van der Waals surface area contributed by atoms with Crippen LogP contribution in [0.3, 0.4) is 0 Å². The Labute approximate surface area is 176 Å². The van der Waals surface area contributed by atoms with Gasteiger partial charge in [-0.25, -0.2) is 8.78 Å². The summed E-state index contributed by atoms with van der Waals surface area (Å²) in [4.78, 5) is 16.7. The molecule has 1 amide bonds. The summed E-state index contributed by atoms with van der Waals surface area (Å²) in [6.45, 7) is 5.13. The van der Waals surface area contributed by atoms with Crippen LogP contribution >= 0.6 is 0 Å². The van der Waals surface area contributed by atoms with Gasteiger partial charge in [0.1, 0.15) is 17.2 Å². The predicted molar refractivity (Wildman–Crippen MR) is 112 cm³/mol. The third-order valence-electron chi connectivity index (χ3n) is 6.56. The van der Waals surface area contributed by atoms with Gasteiger partial charge in [0.25, 0.3) is 0 Å². The van der Waals surface area contributed by atoms with Gasteiger partial charge < -0.3 is 10.0 Å². The van der Waals surface area contributed by atoms with Crippen molar-refractivity contribution >= 4 is 5.91 Å². The van der Waals surface area contributed by atoms with Crippen molar-refractivity contribution in [2.45, 2.75) is 50.9 Å². The number of aryl methyl sites for hydroxylation is 1. The van der Waals surface area contributed by atoms with E-state index in [1.165, 1.54) is 6.07 Å². The molecule has 0 saturated carbocycles. The summed E-state index contributed by atoms with van der Waals surface area (Å²) >= 11 is 0. The molecule has 6 heteroatoms. The maximum atomic E-state index is 15.6. The molecule has 4 rings (SSSR count). The van der Waals surface area contributed by atoms with Crippen molar-refractivity contribution in [1.82, 2.24) is 9.80 Å². The summed E-state index contributed by atoms with van der Waals surface area (Å²) in [6.07, 6.45) is 1.28. The van der Waals surface area contributed by atoms with Gasteiger partial charge in [0, 0.05) is 25.6 Å². The lowest BCUT2D eigenvalue weighted by Gasteiger charge is -2.43. The molecular weight excluding hydrogens is 386 g/mol. The number of amides is 1. The number of benzene rings is 2. The second-order valence-corrected chi connectivity index (χ2v) is 8.83. The lowest BCUT2D eigenvalue weighted by atomic mass is 9.78. The number of phenolic OH excluding ortho intramolecular Hbond substituents is 1. The minimum atomic E-state index is -1.47. The Kier molecular flexibility index (Phi) is 5.53. The number of nitrogens with zero attached hydrogens (tertiary/aromatic N) is 2. The SMILES string of the molecule is Cc1ccc(CN2CCC(N3CCC(c4ccc(O)cc4)C(C)(F)C3)C2=O)cc1F. The molecule has 2 heterocycles. The highest BCUT2D eigenvalue weighted by Crippen LogP contribution is 2.40. The molecule has 0 bridgehead atoms. The van der Waals surface area contributed by atoms with E-state index in [0.717, 1.165) is 11.1 Å². The van der Waals surface area contributed by atoms with Gasteiger partial charge in [-0.15, -0.1) is 0 Å². The topological polar surface area (TPSA) is 43.8 Å². The van der Waals surface area contributed by atoms with Gasteiger partial charge in [-0.05, 0) is 68.1 Å². The highest BCUT2D eigenvalue weighted by atomic mass is 19.1. The van der Waals surface area contributed by atoms with E-state index in [1.807, 2.05) is 11.0 Å². The van der Waals surface area contributed by atoms with Crippen LogP contribution in [0.5, 0.6) is 5.75 Å². The summed E-state index contributed by atoms with van der Waals surface area (Å²) in [5.74, 6) is -0.366. The molecule has 2 fully saturated rings. The minimum absolute atomic E-state index is 0.00475. The normalized spacial score (nSPS) is 27.6. The van der Waals surface area contributed by atoms with Gasteiger partial charge in [0.05, 0.1) is 6.04 Å². The Morgan fingerprint density at radius 2 is 1.87 bits per heavy atom. The zero-order valence-electron chi connectivity index (χ0n) is 17.4. The molecule has 0 aliphatic carbocycles. The van der Waals surface area contributed by atoms with Crippen LogP contribution in [0.4, 0.5) is 8.78 Å². The van der Waals surface area contributed by atoms with Crippen molar-refractivity contribution in [2.75, 3.05) is 19.6 Å². The number of phenols is 1. The largest absolute Gasteiger partial charge is 0.508 e. The van der Waals surface area contributed by atoms with Gasteiger partial charge >= 0.3 is 0 Å². The molecule has 3 unspecified atom stereocenters. The molecule has 2 saturated heterocycles. The average molecular weight is 414 g/mol. The summed E-state index contributed by atoms with van der Waals surface area (Å²) in [5.41, 5.74) is 0.762. The van der Waals surface area contributed by atoms with Gasteiger partial charge in [0.15, 0.2) is 0 Å². The fraction of sp³-hybridized carbons (Fsp3) is 0.458. The molecule has 2 aromatic carbocycles. The fourth-order valence-electron chi connectivity index (χ4n) is 4.84. The van der Waals surface area contributed by atoms with E-state index >= 15 is 4.39 Å². The van der Waals surface area contributed by atoms with Crippen LogP contribution in [0.2, 0.25) is 0 Å². The molecule has 2 aliphatic heterocycles. The molecule has 1 N–H and O–H groups in total. The van der Waals surface area contributed by atoms with Crippen molar-refractivity contribution in [3.63, 3.8) is 0 Å². The van der Waals surface area contributed by atoms with Gasteiger partial charge in [0.2, 0.25) is 5.91 Å². The van der Waals surface area contributed by atoms with Crippen LogP contribution in [-0.4, -0.2) is 52.2 Å². The van der Waals surface area contributed by atoms with E-state index in [0.29, 0.717) is 38.0 Å². The first-order valence-electron chi connectivity index (χ1n) is 10.5. The molecule has 3 atom stereocenters. The van der Waals surface area contributed by atoms with E-state index in [9.17, 15) is 14.3 Å². The maximum absolute atomic E-state index is 15.6. The van der Waals surface area contributed by atoms with Crippen molar-refractivity contribution in [3.05, 3.63) is 65.0 Å². The summed E-state index contributed by atoms with van der Waals surface area (Å²) in [7, 11) is 0. The van der Waals surface area contributed by atoms with E-state index in [1.54, 1.807) is 49.1 Å². The monoisotopic (exact) mass is 414 g/mol. The van der Waals surface area contributed by atoms with Gasteiger partial charge in [-0.2, -0.15) is 0 Å². The highest BCUT2D eigenvalue weighted by molar-refractivity contribution is 5.84. The third-order valence-corrected chi connectivity index (χ3v) is 6.56. The zero-order valence-corrected chi connectivity index (χ0v) is 17.4. The molecule has 0 spiro atoms. The molecule has 0 radical (unpaired) electrons. The zero-order chi connectivity index (χ0) is 21.5. The molecule has 2 aliphatic rings. The number of hydrogen-bond donors (Lipinski definition) is 1. The number of halogens is 2. The van der Waals surface area contributed by atoms with E-state index < -0.39 is 5.67 Å². The standard InChI is InChI=1S/C24H28F2N2O2/c1-16-3-4-17(13-21(16)25)14-27-12-10-22(23(27)30)28-11-9-20(24(2,26)15-28)18-5-7-19(29)8-6-18/h3-8,13,20,22,29H,9-12,14-15H2,1-2H3. The summed E-state index contributed by atoms with van der Waals surface area (Å²) in [6, 6.07) is 11.5. The molecule has 0 aromatic heterocycles. The Bertz CT molecular complexity index is 929. The average Bonchev–Trinajstić information content (AvgIpc) is 3.05. The Hall–Kier alpha value is -2.47.